The van der Waals surface area contributed by atoms with Gasteiger partial charge >= 0.3 is 0 Å². The second-order valence-corrected chi connectivity index (χ2v) is 4.37. The van der Waals surface area contributed by atoms with Crippen LogP contribution in [0.15, 0.2) is 25.0 Å². The summed E-state index contributed by atoms with van der Waals surface area (Å²) >= 11 is 0. The minimum atomic E-state index is 0.455. The van der Waals surface area contributed by atoms with Crippen LogP contribution < -0.4 is 5.32 Å². The molecule has 3 nitrogen and oxygen atoms in total. The van der Waals surface area contributed by atoms with Gasteiger partial charge in [0.2, 0.25) is 5.95 Å². The van der Waals surface area contributed by atoms with Crippen LogP contribution in [0.1, 0.15) is 27.2 Å². The maximum Gasteiger partial charge on any atom is 0.203 e. The molecule has 84 valence electrons. The van der Waals surface area contributed by atoms with Crippen molar-refractivity contribution in [3.63, 3.8) is 0 Å². The Hall–Kier alpha value is -1.25. The third kappa shape index (κ3) is 3.78. The van der Waals surface area contributed by atoms with Gasteiger partial charge in [0.25, 0.3) is 0 Å². The molecule has 3 heteroatoms. The lowest BCUT2D eigenvalue weighted by Crippen LogP contribution is -2.20. The third-order valence-corrected chi connectivity index (χ3v) is 2.24. The summed E-state index contributed by atoms with van der Waals surface area (Å²) < 4.78 is 2.06. The summed E-state index contributed by atoms with van der Waals surface area (Å²) in [7, 11) is 0. The molecule has 1 atom stereocenters. The van der Waals surface area contributed by atoms with Crippen molar-refractivity contribution >= 4 is 5.95 Å². The average Bonchev–Trinajstić information content (AvgIpc) is 2.52. The minimum absolute atomic E-state index is 0.455. The van der Waals surface area contributed by atoms with Gasteiger partial charge in [0, 0.05) is 25.0 Å². The molecule has 0 aliphatic heterocycles. The van der Waals surface area contributed by atoms with Crippen molar-refractivity contribution in [3.05, 3.63) is 25.0 Å². The van der Waals surface area contributed by atoms with Gasteiger partial charge in [0.1, 0.15) is 0 Å². The van der Waals surface area contributed by atoms with Crippen LogP contribution in [0.3, 0.4) is 0 Å². The highest BCUT2D eigenvalue weighted by Crippen LogP contribution is 2.11. The van der Waals surface area contributed by atoms with Crippen molar-refractivity contribution in [2.45, 2.75) is 39.8 Å². The van der Waals surface area contributed by atoms with E-state index >= 15 is 0 Å². The van der Waals surface area contributed by atoms with Crippen LogP contribution in [0.2, 0.25) is 0 Å². The van der Waals surface area contributed by atoms with Crippen molar-refractivity contribution in [3.8, 4) is 0 Å². The number of aromatic nitrogens is 2. The largest absolute Gasteiger partial charge is 0.353 e. The molecule has 0 amide bonds. The fourth-order valence-corrected chi connectivity index (χ4v) is 1.72. The highest BCUT2D eigenvalue weighted by molar-refractivity contribution is 5.27. The number of nitrogens with one attached hydrogen (secondary N) is 1. The fraction of sp³-hybridized carbons (Fsp3) is 0.583. The zero-order chi connectivity index (χ0) is 11.3. The summed E-state index contributed by atoms with van der Waals surface area (Å²) in [6.45, 7) is 11.2. The predicted octanol–water partition coefficient (Wildman–Crippen LogP) is 2.92. The van der Waals surface area contributed by atoms with Crippen molar-refractivity contribution < 1.29 is 0 Å². The summed E-state index contributed by atoms with van der Waals surface area (Å²) in [5.74, 6) is 1.64. The van der Waals surface area contributed by atoms with E-state index < -0.39 is 0 Å². The molecule has 1 aromatic rings. The Kier molecular flexibility index (Phi) is 4.40. The molecular formula is C12H21N3. The molecule has 0 saturated carbocycles. The molecule has 0 aliphatic rings. The summed E-state index contributed by atoms with van der Waals surface area (Å²) in [5.41, 5.74) is 0. The van der Waals surface area contributed by atoms with Gasteiger partial charge in [-0.05, 0) is 19.3 Å². The van der Waals surface area contributed by atoms with Crippen LogP contribution in [0.4, 0.5) is 5.95 Å². The first-order chi connectivity index (χ1) is 7.13. The summed E-state index contributed by atoms with van der Waals surface area (Å²) in [5, 5.41) is 3.41. The molecule has 0 bridgehead atoms. The number of nitrogens with zero attached hydrogens (tertiary/aromatic N) is 2. The molecular weight excluding hydrogens is 186 g/mol. The van der Waals surface area contributed by atoms with Gasteiger partial charge in [-0.2, -0.15) is 0 Å². The van der Waals surface area contributed by atoms with Crippen molar-refractivity contribution in [1.29, 1.82) is 0 Å². The lowest BCUT2D eigenvalue weighted by molar-refractivity contribution is 0.536. The van der Waals surface area contributed by atoms with Gasteiger partial charge in [-0.25, -0.2) is 4.98 Å². The van der Waals surface area contributed by atoms with Crippen molar-refractivity contribution in [2.75, 3.05) is 5.32 Å². The number of rotatable bonds is 6. The SMILES string of the molecule is C=CCn1ccnc1NC(C)CC(C)C. The number of anilines is 1. The quantitative estimate of drug-likeness (QED) is 0.727. The lowest BCUT2D eigenvalue weighted by Gasteiger charge is -2.17. The molecule has 0 aliphatic carbocycles. The number of hydrogen-bond acceptors (Lipinski definition) is 2. The van der Waals surface area contributed by atoms with Gasteiger partial charge in [-0.3, -0.25) is 0 Å². The monoisotopic (exact) mass is 207 g/mol. The highest BCUT2D eigenvalue weighted by atomic mass is 15.2. The third-order valence-electron chi connectivity index (χ3n) is 2.24. The van der Waals surface area contributed by atoms with Gasteiger partial charge in [0.05, 0.1) is 0 Å². The average molecular weight is 207 g/mol. The second kappa shape index (κ2) is 5.59. The molecule has 0 radical (unpaired) electrons. The summed E-state index contributed by atoms with van der Waals surface area (Å²) in [6, 6.07) is 0.455. The second-order valence-electron chi connectivity index (χ2n) is 4.37. The molecule has 15 heavy (non-hydrogen) atoms. The number of allylic oxidation sites excluding steroid dienone is 1. The van der Waals surface area contributed by atoms with Crippen LogP contribution >= 0.6 is 0 Å². The predicted molar refractivity (Wildman–Crippen MR) is 65.0 cm³/mol. The van der Waals surface area contributed by atoms with Crippen LogP contribution in [0.5, 0.6) is 0 Å². The van der Waals surface area contributed by atoms with Gasteiger partial charge in [-0.15, -0.1) is 6.58 Å². The Morgan fingerprint density at radius 2 is 2.27 bits per heavy atom. The summed E-state index contributed by atoms with van der Waals surface area (Å²) in [4.78, 5) is 4.29. The van der Waals surface area contributed by atoms with Gasteiger partial charge < -0.3 is 9.88 Å². The van der Waals surface area contributed by atoms with E-state index in [1.54, 1.807) is 0 Å². The van der Waals surface area contributed by atoms with Crippen molar-refractivity contribution in [2.24, 2.45) is 5.92 Å². The van der Waals surface area contributed by atoms with E-state index in [1.807, 2.05) is 18.5 Å². The van der Waals surface area contributed by atoms with Crippen molar-refractivity contribution in [1.82, 2.24) is 9.55 Å². The first-order valence-corrected chi connectivity index (χ1v) is 5.52. The first-order valence-electron chi connectivity index (χ1n) is 5.52. The molecule has 1 rings (SSSR count). The molecule has 0 spiro atoms. The smallest absolute Gasteiger partial charge is 0.203 e. The Balaban J connectivity index is 2.55. The van der Waals surface area contributed by atoms with Crippen LogP contribution in [0, 0.1) is 5.92 Å². The van der Waals surface area contributed by atoms with E-state index in [9.17, 15) is 0 Å². The molecule has 0 aromatic carbocycles. The fourth-order valence-electron chi connectivity index (χ4n) is 1.72. The zero-order valence-electron chi connectivity index (χ0n) is 9.90. The van der Waals surface area contributed by atoms with Gasteiger partial charge in [0.15, 0.2) is 0 Å². The van der Waals surface area contributed by atoms with Crippen LogP contribution in [-0.4, -0.2) is 15.6 Å². The topological polar surface area (TPSA) is 29.9 Å². The lowest BCUT2D eigenvalue weighted by atomic mass is 10.1. The molecule has 1 unspecified atom stereocenters. The summed E-state index contributed by atoms with van der Waals surface area (Å²) in [6.07, 6.45) is 6.81. The van der Waals surface area contributed by atoms with Gasteiger partial charge in [-0.1, -0.05) is 19.9 Å². The Bertz CT molecular complexity index is 302. The van der Waals surface area contributed by atoms with E-state index in [1.165, 1.54) is 0 Å². The Morgan fingerprint density at radius 3 is 2.87 bits per heavy atom. The van der Waals surface area contributed by atoms with E-state index in [0.717, 1.165) is 18.9 Å². The highest BCUT2D eigenvalue weighted by Gasteiger charge is 2.07. The van der Waals surface area contributed by atoms with E-state index in [-0.39, 0.29) is 0 Å². The maximum atomic E-state index is 4.29. The van der Waals surface area contributed by atoms with E-state index in [0.29, 0.717) is 12.0 Å². The molecule has 1 aromatic heterocycles. The minimum Gasteiger partial charge on any atom is -0.353 e. The standard InChI is InChI=1S/C12H21N3/c1-5-7-15-8-6-13-12(15)14-11(4)9-10(2)3/h5-6,8,10-11H,1,7,9H2,2-4H3,(H,13,14). The zero-order valence-corrected chi connectivity index (χ0v) is 9.90. The molecule has 0 saturated heterocycles. The van der Waals surface area contributed by atoms with Crippen LogP contribution in [-0.2, 0) is 6.54 Å². The molecule has 1 N–H and O–H groups in total. The molecule has 0 fully saturated rings. The Morgan fingerprint density at radius 1 is 1.53 bits per heavy atom. The van der Waals surface area contributed by atoms with E-state index in [4.69, 9.17) is 0 Å². The normalized spacial score (nSPS) is 12.8. The number of hydrogen-bond donors (Lipinski definition) is 1. The maximum absolute atomic E-state index is 4.29. The first kappa shape index (κ1) is 11.8. The van der Waals surface area contributed by atoms with E-state index in [2.05, 4.69) is 42.2 Å². The number of imidazole rings is 1. The Labute approximate surface area is 92.2 Å². The van der Waals surface area contributed by atoms with Crippen LogP contribution in [0.25, 0.3) is 0 Å². The molecule has 1 heterocycles.